The van der Waals surface area contributed by atoms with Crippen molar-refractivity contribution in [3.63, 3.8) is 0 Å². The topological polar surface area (TPSA) is 29.5 Å². The molecule has 2 rings (SSSR count). The van der Waals surface area contributed by atoms with Gasteiger partial charge in [-0.1, -0.05) is 22.0 Å². The summed E-state index contributed by atoms with van der Waals surface area (Å²) in [6.07, 6.45) is -0.920. The minimum absolute atomic E-state index is 0.167. The summed E-state index contributed by atoms with van der Waals surface area (Å²) in [5, 5.41) is 9.58. The Hall–Kier alpha value is -1.39. The Labute approximate surface area is 113 Å². The summed E-state index contributed by atoms with van der Waals surface area (Å²) in [7, 11) is 0. The van der Waals surface area contributed by atoms with Crippen molar-refractivity contribution in [1.82, 2.24) is 0 Å². The highest BCUT2D eigenvalue weighted by molar-refractivity contribution is 9.10. The number of benzene rings is 2. The fourth-order valence-electron chi connectivity index (χ4n) is 1.64. The van der Waals surface area contributed by atoms with E-state index in [0.717, 1.165) is 4.47 Å². The highest BCUT2D eigenvalue weighted by atomic mass is 79.9. The number of ether oxygens (including phenoxy) is 1. The Balaban J connectivity index is 2.34. The van der Waals surface area contributed by atoms with Crippen molar-refractivity contribution in [2.45, 2.75) is 13.0 Å². The first-order valence-corrected chi connectivity index (χ1v) is 6.27. The third-order valence-electron chi connectivity index (χ3n) is 2.47. The van der Waals surface area contributed by atoms with Crippen molar-refractivity contribution in [1.29, 1.82) is 0 Å². The van der Waals surface area contributed by atoms with Gasteiger partial charge >= 0.3 is 0 Å². The lowest BCUT2D eigenvalue weighted by Gasteiger charge is -2.13. The molecule has 4 heteroatoms. The number of hydrogen-bond donors (Lipinski definition) is 1. The minimum atomic E-state index is -0.920. The third kappa shape index (κ3) is 2.89. The summed E-state index contributed by atoms with van der Waals surface area (Å²) >= 11 is 3.32. The van der Waals surface area contributed by atoms with Crippen LogP contribution in [0.3, 0.4) is 0 Å². The maximum Gasteiger partial charge on any atom is 0.136 e. The summed E-state index contributed by atoms with van der Waals surface area (Å²) in [5.41, 5.74) is 0.167. The molecular formula is C14H12BrFO2. The molecule has 0 spiro atoms. The second kappa shape index (κ2) is 5.50. The molecule has 0 bridgehead atoms. The van der Waals surface area contributed by atoms with Gasteiger partial charge in [0.25, 0.3) is 0 Å². The first kappa shape index (κ1) is 13.1. The largest absolute Gasteiger partial charge is 0.457 e. The lowest BCUT2D eigenvalue weighted by molar-refractivity contribution is 0.190. The molecule has 94 valence electrons. The predicted molar refractivity (Wildman–Crippen MR) is 71.2 cm³/mol. The molecule has 2 nitrogen and oxygen atoms in total. The Bertz CT molecular complexity index is 538. The molecule has 0 saturated carbocycles. The second-order valence-corrected chi connectivity index (χ2v) is 4.80. The fourth-order valence-corrected chi connectivity index (χ4v) is 1.91. The van der Waals surface area contributed by atoms with Crippen molar-refractivity contribution in [2.24, 2.45) is 0 Å². The Morgan fingerprint density at radius 1 is 1.17 bits per heavy atom. The molecule has 0 aliphatic rings. The normalized spacial score (nSPS) is 12.2. The number of aliphatic hydroxyl groups is 1. The zero-order chi connectivity index (χ0) is 13.1. The lowest BCUT2D eigenvalue weighted by atomic mass is 10.1. The van der Waals surface area contributed by atoms with Gasteiger partial charge in [0.1, 0.15) is 17.3 Å². The van der Waals surface area contributed by atoms with E-state index in [4.69, 9.17) is 4.74 Å². The van der Waals surface area contributed by atoms with Gasteiger partial charge in [0, 0.05) is 4.47 Å². The molecule has 0 aromatic heterocycles. The maximum absolute atomic E-state index is 13.6. The quantitative estimate of drug-likeness (QED) is 0.908. The standard InChI is InChI=1S/C14H12BrFO2/c1-9(17)14-12(16)3-2-4-13(14)18-11-7-5-10(15)6-8-11/h2-9,17H,1H3. The highest BCUT2D eigenvalue weighted by Crippen LogP contribution is 2.31. The van der Waals surface area contributed by atoms with E-state index in [-0.39, 0.29) is 5.56 Å². The molecule has 0 heterocycles. The van der Waals surface area contributed by atoms with Crippen LogP contribution in [0.5, 0.6) is 11.5 Å². The van der Waals surface area contributed by atoms with Crippen LogP contribution < -0.4 is 4.74 Å². The van der Waals surface area contributed by atoms with Crippen molar-refractivity contribution in [3.8, 4) is 11.5 Å². The molecule has 2 aromatic rings. The molecule has 0 aliphatic heterocycles. The summed E-state index contributed by atoms with van der Waals surface area (Å²) in [6, 6.07) is 11.7. The van der Waals surface area contributed by atoms with Crippen LogP contribution in [0.15, 0.2) is 46.9 Å². The second-order valence-electron chi connectivity index (χ2n) is 3.88. The van der Waals surface area contributed by atoms with Crippen LogP contribution in [0.4, 0.5) is 4.39 Å². The molecule has 1 atom stereocenters. The highest BCUT2D eigenvalue weighted by Gasteiger charge is 2.15. The molecule has 0 saturated heterocycles. The van der Waals surface area contributed by atoms with E-state index in [1.54, 1.807) is 24.3 Å². The summed E-state index contributed by atoms with van der Waals surface area (Å²) in [5.74, 6) is 0.442. The van der Waals surface area contributed by atoms with E-state index in [9.17, 15) is 9.50 Å². The van der Waals surface area contributed by atoms with Crippen LogP contribution in [0.2, 0.25) is 0 Å². The lowest BCUT2D eigenvalue weighted by Crippen LogP contribution is -1.99. The van der Waals surface area contributed by atoms with E-state index in [1.165, 1.54) is 13.0 Å². The van der Waals surface area contributed by atoms with E-state index in [0.29, 0.717) is 11.5 Å². The summed E-state index contributed by atoms with van der Waals surface area (Å²) in [6.45, 7) is 1.51. The third-order valence-corrected chi connectivity index (χ3v) is 3.00. The van der Waals surface area contributed by atoms with Crippen molar-refractivity contribution < 1.29 is 14.2 Å². The smallest absolute Gasteiger partial charge is 0.136 e. The van der Waals surface area contributed by atoms with Gasteiger partial charge in [-0.2, -0.15) is 0 Å². The van der Waals surface area contributed by atoms with Crippen molar-refractivity contribution in [3.05, 3.63) is 58.3 Å². The van der Waals surface area contributed by atoms with Crippen LogP contribution >= 0.6 is 15.9 Å². The van der Waals surface area contributed by atoms with E-state index >= 15 is 0 Å². The molecule has 0 fully saturated rings. The monoisotopic (exact) mass is 310 g/mol. The number of rotatable bonds is 3. The first-order chi connectivity index (χ1) is 8.58. The van der Waals surface area contributed by atoms with Gasteiger partial charge in [0.15, 0.2) is 0 Å². The molecule has 0 aliphatic carbocycles. The molecular weight excluding hydrogens is 299 g/mol. The summed E-state index contributed by atoms with van der Waals surface area (Å²) in [4.78, 5) is 0. The van der Waals surface area contributed by atoms with E-state index in [1.807, 2.05) is 12.1 Å². The predicted octanol–water partition coefficient (Wildman–Crippen LogP) is 4.43. The molecule has 1 N–H and O–H groups in total. The number of halogens is 2. The van der Waals surface area contributed by atoms with Crippen molar-refractivity contribution in [2.75, 3.05) is 0 Å². The molecule has 0 amide bonds. The van der Waals surface area contributed by atoms with Gasteiger partial charge in [-0.05, 0) is 43.3 Å². The minimum Gasteiger partial charge on any atom is -0.457 e. The van der Waals surface area contributed by atoms with E-state index in [2.05, 4.69) is 15.9 Å². The molecule has 1 unspecified atom stereocenters. The fraction of sp³-hybridized carbons (Fsp3) is 0.143. The SMILES string of the molecule is CC(O)c1c(F)cccc1Oc1ccc(Br)cc1. The Morgan fingerprint density at radius 2 is 1.83 bits per heavy atom. The molecule has 2 aromatic carbocycles. The maximum atomic E-state index is 13.6. The van der Waals surface area contributed by atoms with Gasteiger partial charge in [0.2, 0.25) is 0 Å². The Kier molecular flexibility index (Phi) is 3.99. The van der Waals surface area contributed by atoms with Gasteiger partial charge in [-0.3, -0.25) is 0 Å². The first-order valence-electron chi connectivity index (χ1n) is 5.48. The van der Waals surface area contributed by atoms with Crippen LogP contribution in [-0.2, 0) is 0 Å². The van der Waals surface area contributed by atoms with Crippen LogP contribution in [0.1, 0.15) is 18.6 Å². The van der Waals surface area contributed by atoms with Gasteiger partial charge in [-0.15, -0.1) is 0 Å². The van der Waals surface area contributed by atoms with Crippen LogP contribution in [-0.4, -0.2) is 5.11 Å². The number of aliphatic hydroxyl groups excluding tert-OH is 1. The molecule has 18 heavy (non-hydrogen) atoms. The van der Waals surface area contributed by atoms with Gasteiger partial charge < -0.3 is 9.84 Å². The van der Waals surface area contributed by atoms with Crippen LogP contribution in [0.25, 0.3) is 0 Å². The average molecular weight is 311 g/mol. The molecule has 0 radical (unpaired) electrons. The number of hydrogen-bond acceptors (Lipinski definition) is 2. The van der Waals surface area contributed by atoms with Crippen LogP contribution in [0, 0.1) is 5.82 Å². The zero-order valence-electron chi connectivity index (χ0n) is 9.73. The Morgan fingerprint density at radius 3 is 2.44 bits per heavy atom. The summed E-state index contributed by atoms with van der Waals surface area (Å²) < 4.78 is 20.1. The van der Waals surface area contributed by atoms with Gasteiger partial charge in [-0.25, -0.2) is 4.39 Å². The van der Waals surface area contributed by atoms with Crippen molar-refractivity contribution >= 4 is 15.9 Å². The van der Waals surface area contributed by atoms with Gasteiger partial charge in [0.05, 0.1) is 11.7 Å². The zero-order valence-corrected chi connectivity index (χ0v) is 11.3. The van der Waals surface area contributed by atoms with E-state index < -0.39 is 11.9 Å². The average Bonchev–Trinajstić information content (AvgIpc) is 2.32.